The summed E-state index contributed by atoms with van der Waals surface area (Å²) < 4.78 is 0. The third kappa shape index (κ3) is 3.98. The average molecular weight is 262 g/mol. The van der Waals surface area contributed by atoms with Crippen LogP contribution in [0, 0.1) is 11.8 Å². The first-order valence-electron chi connectivity index (χ1n) is 6.40. The first-order chi connectivity index (χ1) is 9.06. The Morgan fingerprint density at radius 1 is 1.37 bits per heavy atom. The van der Waals surface area contributed by atoms with Gasteiger partial charge in [0.2, 0.25) is 0 Å². The second kappa shape index (κ2) is 5.73. The van der Waals surface area contributed by atoms with Gasteiger partial charge in [0.25, 0.3) is 0 Å². The van der Waals surface area contributed by atoms with Crippen molar-refractivity contribution in [2.24, 2.45) is 11.8 Å². The molecular weight excluding hydrogens is 244 g/mol. The number of carbonyl (C=O) groups excluding carboxylic acids is 1. The van der Waals surface area contributed by atoms with E-state index in [9.17, 15) is 9.59 Å². The van der Waals surface area contributed by atoms with E-state index in [1.165, 1.54) is 12.5 Å². The van der Waals surface area contributed by atoms with Crippen molar-refractivity contribution in [1.29, 1.82) is 0 Å². The minimum absolute atomic E-state index is 0.208. The highest BCUT2D eigenvalue weighted by Gasteiger charge is 2.32. The van der Waals surface area contributed by atoms with Crippen LogP contribution in [0.5, 0.6) is 0 Å². The van der Waals surface area contributed by atoms with Crippen LogP contribution in [0.25, 0.3) is 0 Å². The molecule has 19 heavy (non-hydrogen) atoms. The summed E-state index contributed by atoms with van der Waals surface area (Å²) >= 11 is 0. The van der Waals surface area contributed by atoms with Gasteiger partial charge >= 0.3 is 12.0 Å². The van der Waals surface area contributed by atoms with Gasteiger partial charge in [0.1, 0.15) is 0 Å². The molecule has 0 aromatic heterocycles. The SMILES string of the molecule is CC1CC1CNC(=O)NCc1cccc(C(=O)O)c1. The van der Waals surface area contributed by atoms with E-state index in [2.05, 4.69) is 17.6 Å². The molecule has 2 rings (SSSR count). The first kappa shape index (κ1) is 13.4. The minimum atomic E-state index is -0.964. The number of carboxylic acids is 1. The van der Waals surface area contributed by atoms with Gasteiger partial charge in [0.15, 0.2) is 0 Å². The molecular formula is C14H18N2O3. The van der Waals surface area contributed by atoms with Crippen molar-refractivity contribution in [2.75, 3.05) is 6.54 Å². The molecule has 2 amide bonds. The molecule has 1 saturated carbocycles. The lowest BCUT2D eigenvalue weighted by molar-refractivity contribution is 0.0696. The number of hydrogen-bond acceptors (Lipinski definition) is 2. The third-order valence-electron chi connectivity index (χ3n) is 3.43. The summed E-state index contributed by atoms with van der Waals surface area (Å²) in [6.45, 7) is 3.21. The summed E-state index contributed by atoms with van der Waals surface area (Å²) in [5, 5.41) is 14.4. The van der Waals surface area contributed by atoms with Crippen LogP contribution in [0.4, 0.5) is 4.79 Å². The molecule has 0 heterocycles. The summed E-state index contributed by atoms with van der Waals surface area (Å²) in [6.07, 6.45) is 1.18. The van der Waals surface area contributed by atoms with Gasteiger partial charge in [-0.3, -0.25) is 0 Å². The van der Waals surface area contributed by atoms with E-state index < -0.39 is 5.97 Å². The van der Waals surface area contributed by atoms with Crippen molar-refractivity contribution >= 4 is 12.0 Å². The van der Waals surface area contributed by atoms with Gasteiger partial charge in [-0.05, 0) is 36.0 Å². The Bertz CT molecular complexity index is 487. The van der Waals surface area contributed by atoms with Gasteiger partial charge in [-0.15, -0.1) is 0 Å². The van der Waals surface area contributed by atoms with Crippen LogP contribution < -0.4 is 10.6 Å². The topological polar surface area (TPSA) is 78.4 Å². The van der Waals surface area contributed by atoms with E-state index in [0.29, 0.717) is 24.9 Å². The summed E-state index contributed by atoms with van der Waals surface area (Å²) in [6, 6.07) is 6.34. The zero-order chi connectivity index (χ0) is 13.8. The Morgan fingerprint density at radius 3 is 2.74 bits per heavy atom. The monoisotopic (exact) mass is 262 g/mol. The fraction of sp³-hybridized carbons (Fsp3) is 0.429. The number of benzene rings is 1. The molecule has 0 spiro atoms. The number of hydrogen-bond donors (Lipinski definition) is 3. The molecule has 5 nitrogen and oxygen atoms in total. The molecule has 0 saturated heterocycles. The number of carboxylic acid groups (broad SMARTS) is 1. The van der Waals surface area contributed by atoms with E-state index in [0.717, 1.165) is 5.56 Å². The molecule has 5 heteroatoms. The van der Waals surface area contributed by atoms with Crippen LogP contribution in [-0.2, 0) is 6.54 Å². The van der Waals surface area contributed by atoms with Gasteiger partial charge in [0.05, 0.1) is 5.56 Å². The Labute approximate surface area is 112 Å². The second-order valence-corrected chi connectivity index (χ2v) is 5.04. The number of aromatic carboxylic acids is 1. The zero-order valence-corrected chi connectivity index (χ0v) is 10.8. The van der Waals surface area contributed by atoms with Crippen LogP contribution in [-0.4, -0.2) is 23.7 Å². The highest BCUT2D eigenvalue weighted by molar-refractivity contribution is 5.87. The summed E-state index contributed by atoms with van der Waals surface area (Å²) in [4.78, 5) is 22.3. The molecule has 0 radical (unpaired) electrons. The standard InChI is InChI=1S/C14H18N2O3/c1-9-5-12(9)8-16-14(19)15-7-10-3-2-4-11(6-10)13(17)18/h2-4,6,9,12H,5,7-8H2,1H3,(H,17,18)(H2,15,16,19). The maximum Gasteiger partial charge on any atom is 0.335 e. The lowest BCUT2D eigenvalue weighted by atomic mass is 10.1. The first-order valence-corrected chi connectivity index (χ1v) is 6.40. The van der Waals surface area contributed by atoms with Gasteiger partial charge in [-0.1, -0.05) is 19.1 Å². The van der Waals surface area contributed by atoms with Crippen LogP contribution in [0.2, 0.25) is 0 Å². The lowest BCUT2D eigenvalue weighted by Gasteiger charge is -2.07. The largest absolute Gasteiger partial charge is 0.478 e. The fourth-order valence-corrected chi connectivity index (χ4v) is 1.97. The molecule has 1 aromatic rings. The average Bonchev–Trinajstić information content (AvgIpc) is 3.10. The van der Waals surface area contributed by atoms with Gasteiger partial charge in [-0.2, -0.15) is 0 Å². The second-order valence-electron chi connectivity index (χ2n) is 5.04. The molecule has 3 N–H and O–H groups in total. The van der Waals surface area contributed by atoms with Crippen LogP contribution >= 0.6 is 0 Å². The van der Waals surface area contributed by atoms with Crippen molar-refractivity contribution < 1.29 is 14.7 Å². The Morgan fingerprint density at radius 2 is 2.11 bits per heavy atom. The van der Waals surface area contributed by atoms with Crippen molar-refractivity contribution in [3.05, 3.63) is 35.4 Å². The number of amides is 2. The zero-order valence-electron chi connectivity index (χ0n) is 10.8. The molecule has 1 aromatic carbocycles. The maximum absolute atomic E-state index is 11.5. The predicted molar refractivity (Wildman–Crippen MR) is 70.9 cm³/mol. The quantitative estimate of drug-likeness (QED) is 0.757. The van der Waals surface area contributed by atoms with Crippen LogP contribution in [0.1, 0.15) is 29.3 Å². The van der Waals surface area contributed by atoms with Crippen molar-refractivity contribution in [3.8, 4) is 0 Å². The predicted octanol–water partition coefficient (Wildman–Crippen LogP) is 1.84. The van der Waals surface area contributed by atoms with Crippen molar-refractivity contribution in [1.82, 2.24) is 10.6 Å². The maximum atomic E-state index is 11.5. The van der Waals surface area contributed by atoms with Crippen LogP contribution in [0.3, 0.4) is 0 Å². The molecule has 2 atom stereocenters. The van der Waals surface area contributed by atoms with Crippen LogP contribution in [0.15, 0.2) is 24.3 Å². The molecule has 102 valence electrons. The molecule has 1 aliphatic rings. The van der Waals surface area contributed by atoms with Crippen molar-refractivity contribution in [3.63, 3.8) is 0 Å². The van der Waals surface area contributed by atoms with Gasteiger partial charge in [0, 0.05) is 13.1 Å². The van der Waals surface area contributed by atoms with Crippen molar-refractivity contribution in [2.45, 2.75) is 19.9 Å². The Kier molecular flexibility index (Phi) is 4.04. The number of rotatable bonds is 5. The summed E-state index contributed by atoms with van der Waals surface area (Å²) in [5.74, 6) is 0.364. The molecule has 1 aliphatic carbocycles. The molecule has 0 bridgehead atoms. The lowest BCUT2D eigenvalue weighted by Crippen LogP contribution is -2.36. The smallest absolute Gasteiger partial charge is 0.335 e. The number of carbonyl (C=O) groups is 2. The Hall–Kier alpha value is -2.04. The molecule has 2 unspecified atom stereocenters. The van der Waals surface area contributed by atoms with Gasteiger partial charge in [-0.25, -0.2) is 9.59 Å². The van der Waals surface area contributed by atoms with E-state index >= 15 is 0 Å². The van der Waals surface area contributed by atoms with E-state index in [1.54, 1.807) is 18.2 Å². The number of urea groups is 1. The third-order valence-corrected chi connectivity index (χ3v) is 3.43. The number of nitrogens with one attached hydrogen (secondary N) is 2. The normalized spacial score (nSPS) is 20.7. The summed E-state index contributed by atoms with van der Waals surface area (Å²) in [7, 11) is 0. The van der Waals surface area contributed by atoms with Gasteiger partial charge < -0.3 is 15.7 Å². The highest BCUT2D eigenvalue weighted by Crippen LogP contribution is 2.36. The fourth-order valence-electron chi connectivity index (χ4n) is 1.97. The van der Waals surface area contributed by atoms with E-state index in [1.807, 2.05) is 0 Å². The summed E-state index contributed by atoms with van der Waals surface area (Å²) in [5.41, 5.74) is 1.00. The van der Waals surface area contributed by atoms with E-state index in [4.69, 9.17) is 5.11 Å². The van der Waals surface area contributed by atoms with E-state index in [-0.39, 0.29) is 11.6 Å². The molecule has 1 fully saturated rings. The Balaban J connectivity index is 1.76. The minimum Gasteiger partial charge on any atom is -0.478 e. The highest BCUT2D eigenvalue weighted by atomic mass is 16.4. The molecule has 0 aliphatic heterocycles.